The fraction of sp³-hybridized carbons (Fsp3) is 0.357. The van der Waals surface area contributed by atoms with E-state index in [1.165, 1.54) is 11.8 Å². The number of rotatable bonds is 5. The standard InChI is InChI=1S/C14H17ClN4OS/c1-4-9(2)13(20)17-10-5-6-12(11(15)7-10)21-14-18-16-8-19(14)3/h5-9H,4H2,1-3H3,(H,17,20)/t9-/m0/s1. The van der Waals surface area contributed by atoms with Gasteiger partial charge in [-0.25, -0.2) is 0 Å². The second-order valence-corrected chi connectivity index (χ2v) is 6.19. The predicted octanol–water partition coefficient (Wildman–Crippen LogP) is 3.60. The summed E-state index contributed by atoms with van der Waals surface area (Å²) in [6, 6.07) is 5.46. The van der Waals surface area contributed by atoms with Gasteiger partial charge in [-0.2, -0.15) is 0 Å². The normalized spacial score (nSPS) is 12.2. The van der Waals surface area contributed by atoms with Gasteiger partial charge in [0.25, 0.3) is 0 Å². The van der Waals surface area contributed by atoms with Crippen molar-refractivity contribution in [1.29, 1.82) is 0 Å². The molecule has 2 aromatic rings. The van der Waals surface area contributed by atoms with Crippen molar-refractivity contribution in [2.24, 2.45) is 13.0 Å². The van der Waals surface area contributed by atoms with Crippen molar-refractivity contribution in [2.45, 2.75) is 30.3 Å². The summed E-state index contributed by atoms with van der Waals surface area (Å²) >= 11 is 7.70. The zero-order valence-electron chi connectivity index (χ0n) is 12.1. The molecule has 0 aliphatic carbocycles. The summed E-state index contributed by atoms with van der Waals surface area (Å²) in [6.07, 6.45) is 2.44. The van der Waals surface area contributed by atoms with E-state index in [4.69, 9.17) is 11.6 Å². The molecule has 0 bridgehead atoms. The maximum Gasteiger partial charge on any atom is 0.227 e. The molecule has 1 amide bonds. The minimum absolute atomic E-state index is 0.00210. The van der Waals surface area contributed by atoms with E-state index in [9.17, 15) is 4.79 Å². The molecule has 2 rings (SSSR count). The molecule has 1 aromatic heterocycles. The minimum Gasteiger partial charge on any atom is -0.326 e. The highest BCUT2D eigenvalue weighted by Crippen LogP contribution is 2.33. The third kappa shape index (κ3) is 3.98. The average Bonchev–Trinajstić information content (AvgIpc) is 2.86. The first-order valence-corrected chi connectivity index (χ1v) is 7.83. The molecule has 0 spiro atoms. The van der Waals surface area contributed by atoms with Crippen LogP contribution in [0.1, 0.15) is 20.3 Å². The summed E-state index contributed by atoms with van der Waals surface area (Å²) in [5, 5.41) is 12.0. The minimum atomic E-state index is -0.0172. The maximum atomic E-state index is 11.9. The van der Waals surface area contributed by atoms with Crippen molar-refractivity contribution in [3.63, 3.8) is 0 Å². The van der Waals surface area contributed by atoms with Crippen molar-refractivity contribution in [3.05, 3.63) is 29.5 Å². The molecule has 1 atom stereocenters. The Morgan fingerprint density at radius 3 is 2.86 bits per heavy atom. The number of nitrogens with zero attached hydrogens (tertiary/aromatic N) is 3. The first-order chi connectivity index (χ1) is 10.0. The fourth-order valence-corrected chi connectivity index (χ4v) is 2.64. The third-order valence-corrected chi connectivity index (χ3v) is 4.68. The zero-order valence-corrected chi connectivity index (χ0v) is 13.7. The van der Waals surface area contributed by atoms with Crippen LogP contribution in [-0.4, -0.2) is 20.7 Å². The lowest BCUT2D eigenvalue weighted by Crippen LogP contribution is -2.19. The van der Waals surface area contributed by atoms with E-state index < -0.39 is 0 Å². The van der Waals surface area contributed by atoms with Gasteiger partial charge in [-0.3, -0.25) is 4.79 Å². The number of aromatic nitrogens is 3. The first kappa shape index (κ1) is 15.9. The summed E-state index contributed by atoms with van der Waals surface area (Å²) in [7, 11) is 1.87. The molecule has 1 N–H and O–H groups in total. The summed E-state index contributed by atoms with van der Waals surface area (Å²) in [4.78, 5) is 12.7. The molecule has 0 saturated heterocycles. The van der Waals surface area contributed by atoms with Gasteiger partial charge in [-0.1, -0.05) is 25.4 Å². The highest BCUT2D eigenvalue weighted by Gasteiger charge is 2.12. The Kier molecular flexibility index (Phi) is 5.25. The van der Waals surface area contributed by atoms with Crippen LogP contribution in [0.2, 0.25) is 5.02 Å². The Morgan fingerprint density at radius 2 is 2.29 bits per heavy atom. The lowest BCUT2D eigenvalue weighted by atomic mass is 10.1. The third-order valence-electron chi connectivity index (χ3n) is 3.13. The smallest absolute Gasteiger partial charge is 0.227 e. The van der Waals surface area contributed by atoms with Crippen molar-refractivity contribution >= 4 is 35.0 Å². The molecule has 1 aromatic carbocycles. The Bertz CT molecular complexity index is 644. The lowest BCUT2D eigenvalue weighted by Gasteiger charge is -2.11. The molecule has 0 saturated carbocycles. The van der Waals surface area contributed by atoms with Crippen LogP contribution in [0.15, 0.2) is 34.6 Å². The van der Waals surface area contributed by atoms with E-state index in [0.29, 0.717) is 10.7 Å². The van der Waals surface area contributed by atoms with E-state index >= 15 is 0 Å². The molecule has 0 aliphatic heterocycles. The molecule has 7 heteroatoms. The predicted molar refractivity (Wildman–Crippen MR) is 84.7 cm³/mol. The number of anilines is 1. The molecular weight excluding hydrogens is 308 g/mol. The highest BCUT2D eigenvalue weighted by molar-refractivity contribution is 7.99. The van der Waals surface area contributed by atoms with Crippen LogP contribution in [0, 0.1) is 5.92 Å². The maximum absolute atomic E-state index is 11.9. The Morgan fingerprint density at radius 1 is 1.52 bits per heavy atom. The van der Waals surface area contributed by atoms with Gasteiger partial charge in [0.2, 0.25) is 5.91 Å². The van der Waals surface area contributed by atoms with Crippen LogP contribution in [0.25, 0.3) is 0 Å². The van der Waals surface area contributed by atoms with Crippen LogP contribution >= 0.6 is 23.4 Å². The summed E-state index contributed by atoms with van der Waals surface area (Å²) in [5.41, 5.74) is 0.701. The van der Waals surface area contributed by atoms with Gasteiger partial charge in [0.05, 0.1) is 5.02 Å². The van der Waals surface area contributed by atoms with Crippen LogP contribution in [-0.2, 0) is 11.8 Å². The molecular formula is C14H17ClN4OS. The van der Waals surface area contributed by atoms with Gasteiger partial charge in [-0.15, -0.1) is 10.2 Å². The van der Waals surface area contributed by atoms with E-state index in [-0.39, 0.29) is 11.8 Å². The van der Waals surface area contributed by atoms with Crippen LogP contribution in [0.3, 0.4) is 0 Å². The van der Waals surface area contributed by atoms with Gasteiger partial charge in [0.1, 0.15) is 6.33 Å². The highest BCUT2D eigenvalue weighted by atomic mass is 35.5. The number of carbonyl (C=O) groups excluding carboxylic acids is 1. The second-order valence-electron chi connectivity index (χ2n) is 4.77. The number of hydrogen-bond donors (Lipinski definition) is 1. The van der Waals surface area contributed by atoms with Gasteiger partial charge in [-0.05, 0) is 36.4 Å². The Hall–Kier alpha value is -1.53. The largest absolute Gasteiger partial charge is 0.326 e. The number of carbonyl (C=O) groups is 1. The quantitative estimate of drug-likeness (QED) is 0.912. The molecule has 21 heavy (non-hydrogen) atoms. The van der Waals surface area contributed by atoms with Gasteiger partial charge < -0.3 is 9.88 Å². The van der Waals surface area contributed by atoms with Crippen molar-refractivity contribution < 1.29 is 4.79 Å². The monoisotopic (exact) mass is 324 g/mol. The fourth-order valence-electron chi connectivity index (χ4n) is 1.58. The Balaban J connectivity index is 2.11. The molecule has 0 aliphatic rings. The average molecular weight is 325 g/mol. The Labute approximate surface area is 133 Å². The number of benzene rings is 1. The summed E-state index contributed by atoms with van der Waals surface area (Å²) < 4.78 is 1.82. The summed E-state index contributed by atoms with van der Waals surface area (Å²) in [5.74, 6) is -0.0151. The number of halogens is 1. The molecule has 1 heterocycles. The van der Waals surface area contributed by atoms with E-state index in [1.807, 2.05) is 37.6 Å². The van der Waals surface area contributed by atoms with Crippen LogP contribution in [0.4, 0.5) is 5.69 Å². The first-order valence-electron chi connectivity index (χ1n) is 6.63. The summed E-state index contributed by atoms with van der Waals surface area (Å²) in [6.45, 7) is 3.88. The lowest BCUT2D eigenvalue weighted by molar-refractivity contribution is -0.119. The van der Waals surface area contributed by atoms with Gasteiger partial charge in [0.15, 0.2) is 5.16 Å². The molecule has 5 nitrogen and oxygen atoms in total. The van der Waals surface area contributed by atoms with Gasteiger partial charge in [0, 0.05) is 23.5 Å². The SMILES string of the molecule is CC[C@H](C)C(=O)Nc1ccc(Sc2nncn2C)c(Cl)c1. The van der Waals surface area contributed by atoms with E-state index in [0.717, 1.165) is 16.5 Å². The second kappa shape index (κ2) is 6.95. The van der Waals surface area contributed by atoms with Gasteiger partial charge >= 0.3 is 0 Å². The molecule has 0 radical (unpaired) electrons. The van der Waals surface area contributed by atoms with Crippen molar-refractivity contribution in [1.82, 2.24) is 14.8 Å². The number of amides is 1. The molecule has 112 valence electrons. The van der Waals surface area contributed by atoms with Crippen molar-refractivity contribution in [3.8, 4) is 0 Å². The van der Waals surface area contributed by atoms with Crippen LogP contribution in [0.5, 0.6) is 0 Å². The number of hydrogen-bond acceptors (Lipinski definition) is 4. The van der Waals surface area contributed by atoms with Crippen molar-refractivity contribution in [2.75, 3.05) is 5.32 Å². The molecule has 0 fully saturated rings. The number of aryl methyl sites for hydroxylation is 1. The van der Waals surface area contributed by atoms with Crippen LogP contribution < -0.4 is 5.32 Å². The van der Waals surface area contributed by atoms with E-state index in [1.54, 1.807) is 12.4 Å². The molecule has 0 unspecified atom stereocenters. The van der Waals surface area contributed by atoms with E-state index in [2.05, 4.69) is 15.5 Å². The zero-order chi connectivity index (χ0) is 15.4. The topological polar surface area (TPSA) is 59.8 Å². The number of nitrogens with one attached hydrogen (secondary N) is 1.